The van der Waals surface area contributed by atoms with Crippen LogP contribution in [0.3, 0.4) is 0 Å². The number of methoxy groups -OCH3 is 1. The molecule has 2 aromatic carbocycles. The van der Waals surface area contributed by atoms with Crippen LogP contribution in [0.5, 0.6) is 5.75 Å². The Hall–Kier alpha value is -2.97. The fraction of sp³-hybridized carbons (Fsp3) is 0.111. The molecule has 0 aliphatic heterocycles. The number of carbonyl (C=O) groups excluding carboxylic acids is 1. The molecule has 0 aliphatic rings. The topological polar surface area (TPSA) is 74.1 Å². The van der Waals surface area contributed by atoms with Crippen molar-refractivity contribution in [3.63, 3.8) is 0 Å². The highest BCUT2D eigenvalue weighted by Crippen LogP contribution is 2.25. The Bertz CT molecular complexity index is 825. The lowest BCUT2D eigenvalue weighted by molar-refractivity contribution is -0.112. The number of ether oxygens (including phenoxy) is 1. The van der Waals surface area contributed by atoms with Gasteiger partial charge in [-0.15, -0.1) is 0 Å². The van der Waals surface area contributed by atoms with Gasteiger partial charge in [0.15, 0.2) is 0 Å². The van der Waals surface area contributed by atoms with Gasteiger partial charge in [0.25, 0.3) is 5.91 Å². The van der Waals surface area contributed by atoms with Gasteiger partial charge >= 0.3 is 0 Å². The third-order valence-corrected chi connectivity index (χ3v) is 3.41. The SMILES string of the molecule is COc1ccc(C)cc1N/C=C(/C#N)C(=O)Nc1cccc(Cl)c1. The molecule has 0 aliphatic carbocycles. The fourth-order valence-corrected chi connectivity index (χ4v) is 2.19. The number of rotatable bonds is 5. The van der Waals surface area contributed by atoms with E-state index in [0.29, 0.717) is 22.1 Å². The van der Waals surface area contributed by atoms with Crippen LogP contribution in [-0.2, 0) is 4.79 Å². The number of halogens is 1. The van der Waals surface area contributed by atoms with Crippen molar-refractivity contribution in [1.82, 2.24) is 0 Å². The summed E-state index contributed by atoms with van der Waals surface area (Å²) in [5.74, 6) is 0.0864. The Labute approximate surface area is 145 Å². The zero-order chi connectivity index (χ0) is 17.5. The molecule has 6 heteroatoms. The number of benzene rings is 2. The molecule has 0 aromatic heterocycles. The van der Waals surface area contributed by atoms with E-state index in [1.54, 1.807) is 31.4 Å². The minimum atomic E-state index is -0.529. The summed E-state index contributed by atoms with van der Waals surface area (Å²) in [6.45, 7) is 1.94. The van der Waals surface area contributed by atoms with Crippen molar-refractivity contribution < 1.29 is 9.53 Å². The maximum atomic E-state index is 12.2. The van der Waals surface area contributed by atoms with Gasteiger partial charge < -0.3 is 15.4 Å². The summed E-state index contributed by atoms with van der Waals surface area (Å²) in [4.78, 5) is 12.2. The monoisotopic (exact) mass is 341 g/mol. The van der Waals surface area contributed by atoms with E-state index in [0.717, 1.165) is 5.56 Å². The maximum Gasteiger partial charge on any atom is 0.267 e. The molecule has 1 amide bonds. The smallest absolute Gasteiger partial charge is 0.267 e. The molecule has 0 radical (unpaired) electrons. The van der Waals surface area contributed by atoms with E-state index in [9.17, 15) is 10.1 Å². The Morgan fingerprint density at radius 2 is 2.08 bits per heavy atom. The zero-order valence-electron chi connectivity index (χ0n) is 13.3. The van der Waals surface area contributed by atoms with Crippen molar-refractivity contribution in [3.05, 3.63) is 64.8 Å². The zero-order valence-corrected chi connectivity index (χ0v) is 14.0. The lowest BCUT2D eigenvalue weighted by Gasteiger charge is -2.10. The molecule has 0 spiro atoms. The number of nitrogens with zero attached hydrogens (tertiary/aromatic N) is 1. The van der Waals surface area contributed by atoms with Crippen LogP contribution >= 0.6 is 11.6 Å². The predicted molar refractivity (Wildman–Crippen MR) is 95.1 cm³/mol. The summed E-state index contributed by atoms with van der Waals surface area (Å²) >= 11 is 5.87. The summed E-state index contributed by atoms with van der Waals surface area (Å²) < 4.78 is 5.25. The van der Waals surface area contributed by atoms with Gasteiger partial charge in [0, 0.05) is 16.9 Å². The Balaban J connectivity index is 2.16. The number of amides is 1. The molecule has 0 saturated carbocycles. The molecule has 5 nitrogen and oxygen atoms in total. The standard InChI is InChI=1S/C18H16ClN3O2/c1-12-6-7-17(24-2)16(8-12)21-11-13(10-20)18(23)22-15-5-3-4-14(19)9-15/h3-9,11,21H,1-2H3,(H,22,23)/b13-11-. The highest BCUT2D eigenvalue weighted by molar-refractivity contribution is 6.31. The van der Waals surface area contributed by atoms with E-state index in [1.165, 1.54) is 6.20 Å². The van der Waals surface area contributed by atoms with Crippen LogP contribution in [0, 0.1) is 18.3 Å². The number of nitriles is 1. The van der Waals surface area contributed by atoms with E-state index < -0.39 is 5.91 Å². The first kappa shape index (κ1) is 17.4. The molecule has 122 valence electrons. The van der Waals surface area contributed by atoms with Gasteiger partial charge in [0.05, 0.1) is 12.8 Å². The predicted octanol–water partition coefficient (Wildman–Crippen LogP) is 4.12. The van der Waals surface area contributed by atoms with E-state index in [-0.39, 0.29) is 5.57 Å². The van der Waals surface area contributed by atoms with Gasteiger partial charge in [-0.2, -0.15) is 5.26 Å². The number of aryl methyl sites for hydroxylation is 1. The van der Waals surface area contributed by atoms with Crippen LogP contribution < -0.4 is 15.4 Å². The number of nitrogens with one attached hydrogen (secondary N) is 2. The minimum absolute atomic E-state index is 0.0708. The summed E-state index contributed by atoms with van der Waals surface area (Å²) in [6, 6.07) is 14.2. The number of carbonyl (C=O) groups is 1. The van der Waals surface area contributed by atoms with E-state index in [4.69, 9.17) is 16.3 Å². The quantitative estimate of drug-likeness (QED) is 0.634. The number of hydrogen-bond acceptors (Lipinski definition) is 4. The summed E-state index contributed by atoms with van der Waals surface area (Å²) in [5.41, 5.74) is 2.13. The third-order valence-electron chi connectivity index (χ3n) is 3.17. The fourth-order valence-electron chi connectivity index (χ4n) is 2.00. The van der Waals surface area contributed by atoms with Gasteiger partial charge in [0.2, 0.25) is 0 Å². The minimum Gasteiger partial charge on any atom is -0.495 e. The van der Waals surface area contributed by atoms with Crippen LogP contribution in [0.15, 0.2) is 54.2 Å². The number of hydrogen-bond donors (Lipinski definition) is 2. The van der Waals surface area contributed by atoms with Crippen molar-refractivity contribution in [2.24, 2.45) is 0 Å². The van der Waals surface area contributed by atoms with Gasteiger partial charge in [-0.3, -0.25) is 4.79 Å². The highest BCUT2D eigenvalue weighted by Gasteiger charge is 2.10. The molecule has 0 bridgehead atoms. The molecule has 2 aromatic rings. The van der Waals surface area contributed by atoms with Gasteiger partial charge in [0.1, 0.15) is 17.4 Å². The number of anilines is 2. The first-order valence-corrected chi connectivity index (χ1v) is 7.49. The van der Waals surface area contributed by atoms with Crippen molar-refractivity contribution >= 4 is 28.9 Å². The Morgan fingerprint density at radius 3 is 2.75 bits per heavy atom. The molecular formula is C18H16ClN3O2. The molecule has 24 heavy (non-hydrogen) atoms. The molecule has 0 saturated heterocycles. The van der Waals surface area contributed by atoms with Crippen molar-refractivity contribution in [3.8, 4) is 11.8 Å². The largest absolute Gasteiger partial charge is 0.495 e. The first-order valence-electron chi connectivity index (χ1n) is 7.12. The molecule has 0 fully saturated rings. The molecular weight excluding hydrogens is 326 g/mol. The third kappa shape index (κ3) is 4.51. The molecule has 2 N–H and O–H groups in total. The second-order valence-corrected chi connectivity index (χ2v) is 5.42. The van der Waals surface area contributed by atoms with E-state index >= 15 is 0 Å². The van der Waals surface area contributed by atoms with Crippen LogP contribution in [0.4, 0.5) is 11.4 Å². The Morgan fingerprint density at radius 1 is 1.29 bits per heavy atom. The summed E-state index contributed by atoms with van der Waals surface area (Å²) in [6.07, 6.45) is 1.34. The molecule has 0 unspecified atom stereocenters. The van der Waals surface area contributed by atoms with Crippen molar-refractivity contribution in [1.29, 1.82) is 5.26 Å². The maximum absolute atomic E-state index is 12.2. The van der Waals surface area contributed by atoms with Crippen LogP contribution in [0.2, 0.25) is 5.02 Å². The second-order valence-electron chi connectivity index (χ2n) is 4.98. The second kappa shape index (κ2) is 8.04. The molecule has 0 atom stereocenters. The lowest BCUT2D eigenvalue weighted by atomic mass is 10.2. The highest BCUT2D eigenvalue weighted by atomic mass is 35.5. The summed E-state index contributed by atoms with van der Waals surface area (Å²) in [5, 5.41) is 15.3. The van der Waals surface area contributed by atoms with Crippen LogP contribution in [0.1, 0.15) is 5.56 Å². The first-order chi connectivity index (χ1) is 11.5. The van der Waals surface area contributed by atoms with Crippen LogP contribution in [0.25, 0.3) is 0 Å². The van der Waals surface area contributed by atoms with Gasteiger partial charge in [-0.25, -0.2) is 0 Å². The average Bonchev–Trinajstić information content (AvgIpc) is 2.55. The average molecular weight is 342 g/mol. The van der Waals surface area contributed by atoms with E-state index in [2.05, 4.69) is 10.6 Å². The van der Waals surface area contributed by atoms with Gasteiger partial charge in [-0.05, 0) is 42.8 Å². The Kier molecular flexibility index (Phi) is 5.83. The van der Waals surface area contributed by atoms with Crippen LogP contribution in [-0.4, -0.2) is 13.0 Å². The van der Waals surface area contributed by atoms with Gasteiger partial charge in [-0.1, -0.05) is 23.7 Å². The van der Waals surface area contributed by atoms with Crippen molar-refractivity contribution in [2.45, 2.75) is 6.92 Å². The lowest BCUT2D eigenvalue weighted by Crippen LogP contribution is -2.14. The molecule has 0 heterocycles. The summed E-state index contributed by atoms with van der Waals surface area (Å²) in [7, 11) is 1.55. The molecule has 2 rings (SSSR count). The van der Waals surface area contributed by atoms with Crippen molar-refractivity contribution in [2.75, 3.05) is 17.7 Å². The van der Waals surface area contributed by atoms with E-state index in [1.807, 2.05) is 31.2 Å². The normalized spacial score (nSPS) is 10.7.